The number of rotatable bonds is 10. The van der Waals surface area contributed by atoms with Crippen molar-refractivity contribution in [3.05, 3.63) is 11.5 Å². The molecular weight excluding hydrogens is 260 g/mol. The monoisotopic (exact) mass is 286 g/mol. The Labute approximate surface area is 120 Å². The van der Waals surface area contributed by atoms with Crippen LogP contribution in [0, 0.1) is 0 Å². The molecule has 0 fully saturated rings. The van der Waals surface area contributed by atoms with Crippen LogP contribution in [0.3, 0.4) is 0 Å². The minimum Gasteiger partial charge on any atom is -0.480 e. The van der Waals surface area contributed by atoms with Crippen LogP contribution in [0.4, 0.5) is 0 Å². The second-order valence-corrected chi connectivity index (χ2v) is 6.33. The average molecular weight is 286 g/mol. The highest BCUT2D eigenvalue weighted by Gasteiger charge is 2.41. The van der Waals surface area contributed by atoms with Crippen molar-refractivity contribution in [2.75, 3.05) is 6.61 Å². The van der Waals surface area contributed by atoms with Crippen LogP contribution >= 0.6 is 11.8 Å². The van der Waals surface area contributed by atoms with Gasteiger partial charge in [0.15, 0.2) is 0 Å². The number of carboxylic acid groups (broad SMARTS) is 1. The van der Waals surface area contributed by atoms with E-state index < -0.39 is 16.8 Å². The van der Waals surface area contributed by atoms with Gasteiger partial charge in [-0.15, -0.1) is 11.8 Å². The maximum absolute atomic E-state index is 11.1. The maximum atomic E-state index is 11.1. The van der Waals surface area contributed by atoms with E-state index in [1.54, 1.807) is 0 Å². The first-order valence-electron chi connectivity index (χ1n) is 7.30. The van der Waals surface area contributed by atoms with Gasteiger partial charge in [0.2, 0.25) is 0 Å². The second kappa shape index (κ2) is 8.64. The van der Waals surface area contributed by atoms with Gasteiger partial charge in [-0.3, -0.25) is 4.79 Å². The van der Waals surface area contributed by atoms with Crippen molar-refractivity contribution in [2.24, 2.45) is 0 Å². The summed E-state index contributed by atoms with van der Waals surface area (Å²) in [5, 5.41) is 10.5. The van der Waals surface area contributed by atoms with Crippen molar-refractivity contribution >= 4 is 17.7 Å². The van der Waals surface area contributed by atoms with Gasteiger partial charge in [0.25, 0.3) is 0 Å². The van der Waals surface area contributed by atoms with Gasteiger partial charge >= 0.3 is 5.97 Å². The van der Waals surface area contributed by atoms with Crippen LogP contribution in [-0.4, -0.2) is 28.5 Å². The van der Waals surface area contributed by atoms with E-state index in [4.69, 9.17) is 9.84 Å². The molecule has 0 bridgehead atoms. The minimum atomic E-state index is -0.794. The zero-order chi connectivity index (χ0) is 14.1. The lowest BCUT2D eigenvalue weighted by atomic mass is 10.0. The summed E-state index contributed by atoms with van der Waals surface area (Å²) in [4.78, 5) is 11.1. The Balaban J connectivity index is 2.11. The number of hydrogen-bond donors (Lipinski definition) is 1. The highest BCUT2D eigenvalue weighted by molar-refractivity contribution is 8.03. The molecule has 110 valence electrons. The van der Waals surface area contributed by atoms with Crippen molar-refractivity contribution in [3.8, 4) is 0 Å². The van der Waals surface area contributed by atoms with Gasteiger partial charge in [-0.1, -0.05) is 45.4 Å². The number of hydrogen-bond acceptors (Lipinski definition) is 3. The fourth-order valence-corrected chi connectivity index (χ4v) is 3.29. The molecule has 0 aromatic heterocycles. The molecule has 0 saturated heterocycles. The number of carbonyl (C=O) groups is 1. The molecule has 1 heterocycles. The second-order valence-electron chi connectivity index (χ2n) is 5.31. The lowest BCUT2D eigenvalue weighted by Crippen LogP contribution is -2.41. The largest absolute Gasteiger partial charge is 0.480 e. The van der Waals surface area contributed by atoms with Crippen LogP contribution in [0.1, 0.15) is 58.8 Å². The molecule has 19 heavy (non-hydrogen) atoms. The van der Waals surface area contributed by atoms with Gasteiger partial charge in [-0.05, 0) is 24.8 Å². The smallest absolute Gasteiger partial charge is 0.320 e. The summed E-state index contributed by atoms with van der Waals surface area (Å²) in [6, 6.07) is 0. The number of ether oxygens (including phenoxy) is 1. The molecule has 0 aromatic carbocycles. The van der Waals surface area contributed by atoms with Crippen LogP contribution < -0.4 is 0 Å². The van der Waals surface area contributed by atoms with E-state index in [-0.39, 0.29) is 0 Å². The number of aliphatic carboxylic acids is 1. The van der Waals surface area contributed by atoms with Gasteiger partial charge in [0.05, 0.1) is 0 Å². The van der Waals surface area contributed by atoms with E-state index in [2.05, 4.69) is 6.92 Å². The summed E-state index contributed by atoms with van der Waals surface area (Å²) in [6.07, 6.45) is 10.6. The summed E-state index contributed by atoms with van der Waals surface area (Å²) in [5.41, 5.74) is -0.640. The maximum Gasteiger partial charge on any atom is 0.320 e. The highest BCUT2D eigenvalue weighted by atomic mass is 32.2. The van der Waals surface area contributed by atoms with E-state index in [1.165, 1.54) is 50.3 Å². The van der Waals surface area contributed by atoms with Crippen LogP contribution in [0.2, 0.25) is 0 Å². The third kappa shape index (κ3) is 5.57. The van der Waals surface area contributed by atoms with E-state index in [9.17, 15) is 4.79 Å². The first-order valence-corrected chi connectivity index (χ1v) is 8.24. The molecule has 2 atom stereocenters. The van der Waals surface area contributed by atoms with E-state index in [1.807, 2.05) is 18.4 Å². The molecular formula is C15H26O3S. The predicted molar refractivity (Wildman–Crippen MR) is 80.5 cm³/mol. The topological polar surface area (TPSA) is 46.5 Å². The zero-order valence-electron chi connectivity index (χ0n) is 12.1. The Morgan fingerprint density at radius 3 is 2.53 bits per heavy atom. The summed E-state index contributed by atoms with van der Waals surface area (Å²) in [5.74, 6) is -0.794. The van der Waals surface area contributed by atoms with Crippen LogP contribution in [0.15, 0.2) is 11.5 Å². The van der Waals surface area contributed by atoms with Crippen LogP contribution in [-0.2, 0) is 9.53 Å². The molecule has 1 aliphatic rings. The molecule has 4 heteroatoms. The molecule has 1 rings (SSSR count). The fraction of sp³-hybridized carbons (Fsp3) is 0.800. The lowest BCUT2D eigenvalue weighted by Gasteiger charge is -2.27. The molecule has 3 nitrogen and oxygen atoms in total. The third-order valence-corrected chi connectivity index (χ3v) is 4.75. The Morgan fingerprint density at radius 1 is 1.26 bits per heavy atom. The predicted octanol–water partition coefficient (Wildman–Crippen LogP) is 4.23. The quantitative estimate of drug-likeness (QED) is 0.611. The fourth-order valence-electron chi connectivity index (χ4n) is 2.25. The van der Waals surface area contributed by atoms with Crippen molar-refractivity contribution in [2.45, 2.75) is 69.6 Å². The molecule has 2 unspecified atom stereocenters. The van der Waals surface area contributed by atoms with Crippen molar-refractivity contribution in [1.82, 2.24) is 0 Å². The molecule has 1 aliphatic heterocycles. The van der Waals surface area contributed by atoms with Crippen LogP contribution in [0.25, 0.3) is 0 Å². The van der Waals surface area contributed by atoms with Gasteiger partial charge in [0.1, 0.15) is 10.9 Å². The average Bonchev–Trinajstić information content (AvgIpc) is 2.75. The van der Waals surface area contributed by atoms with E-state index in [0.29, 0.717) is 6.61 Å². The zero-order valence-corrected chi connectivity index (χ0v) is 12.9. The SMILES string of the molecule is CCCCCCCCCOC1(C)C=CSC1C(=O)O. The molecule has 0 spiro atoms. The van der Waals surface area contributed by atoms with E-state index in [0.717, 1.165) is 6.42 Å². The molecule has 1 N–H and O–H groups in total. The summed E-state index contributed by atoms with van der Waals surface area (Å²) in [7, 11) is 0. The highest BCUT2D eigenvalue weighted by Crippen LogP contribution is 2.36. The number of thioether (sulfide) groups is 1. The van der Waals surface area contributed by atoms with Gasteiger partial charge in [-0.25, -0.2) is 0 Å². The minimum absolute atomic E-state index is 0.503. The first kappa shape index (κ1) is 16.6. The molecule has 0 radical (unpaired) electrons. The van der Waals surface area contributed by atoms with Gasteiger partial charge in [-0.2, -0.15) is 0 Å². The van der Waals surface area contributed by atoms with Gasteiger partial charge in [0, 0.05) is 6.61 Å². The summed E-state index contributed by atoms with van der Waals surface area (Å²) < 4.78 is 5.80. The third-order valence-electron chi connectivity index (χ3n) is 3.52. The molecule has 0 saturated carbocycles. The standard InChI is InChI=1S/C15H26O3S/c1-3-4-5-6-7-8-9-11-18-15(2)10-12-19-13(15)14(16)17/h10,12-13H,3-9,11H2,1-2H3,(H,16,17). The Kier molecular flexibility index (Phi) is 7.54. The van der Waals surface area contributed by atoms with Crippen molar-refractivity contribution < 1.29 is 14.6 Å². The molecule has 0 amide bonds. The van der Waals surface area contributed by atoms with Gasteiger partial charge < -0.3 is 9.84 Å². The normalized spacial score (nSPS) is 25.9. The molecule has 0 aromatic rings. The first-order chi connectivity index (χ1) is 9.10. The van der Waals surface area contributed by atoms with E-state index >= 15 is 0 Å². The lowest BCUT2D eigenvalue weighted by molar-refractivity contribution is -0.141. The van der Waals surface area contributed by atoms with Crippen molar-refractivity contribution in [1.29, 1.82) is 0 Å². The summed E-state index contributed by atoms with van der Waals surface area (Å²) >= 11 is 1.33. The Hall–Kier alpha value is -0.480. The Bertz CT molecular complexity index is 304. The number of unbranched alkanes of at least 4 members (excludes halogenated alkanes) is 6. The van der Waals surface area contributed by atoms with Crippen molar-refractivity contribution in [3.63, 3.8) is 0 Å². The molecule has 0 aliphatic carbocycles. The Morgan fingerprint density at radius 2 is 1.89 bits per heavy atom. The summed E-state index contributed by atoms with van der Waals surface area (Å²) in [6.45, 7) is 4.74. The van der Waals surface area contributed by atoms with Crippen LogP contribution in [0.5, 0.6) is 0 Å². The number of carboxylic acids is 1.